The molecule has 1 heterocycles. The van der Waals surface area contributed by atoms with Gasteiger partial charge in [0, 0.05) is 5.69 Å². The van der Waals surface area contributed by atoms with Crippen LogP contribution in [0.4, 0.5) is 11.4 Å². The van der Waals surface area contributed by atoms with E-state index in [0.29, 0.717) is 32.9 Å². The van der Waals surface area contributed by atoms with Crippen LogP contribution >= 0.6 is 28.1 Å². The summed E-state index contributed by atoms with van der Waals surface area (Å²) in [4.78, 5) is 39.1. The van der Waals surface area contributed by atoms with E-state index in [-0.39, 0.29) is 23.2 Å². The van der Waals surface area contributed by atoms with E-state index >= 15 is 0 Å². The van der Waals surface area contributed by atoms with Crippen LogP contribution in [0.1, 0.15) is 5.56 Å². The summed E-state index contributed by atoms with van der Waals surface area (Å²) in [6, 6.07) is 20.8. The Morgan fingerprint density at radius 2 is 1.81 bits per heavy atom. The second-order valence-electron chi connectivity index (χ2n) is 7.55. The number of amides is 3. The predicted octanol–water partition coefficient (Wildman–Crippen LogP) is 4.31. The summed E-state index contributed by atoms with van der Waals surface area (Å²) < 4.78 is 11.3. The second kappa shape index (κ2) is 11.1. The molecule has 1 aliphatic rings. The highest BCUT2D eigenvalue weighted by Crippen LogP contribution is 2.28. The Balaban J connectivity index is 1.44. The van der Waals surface area contributed by atoms with Gasteiger partial charge in [-0.3, -0.25) is 24.6 Å². The average Bonchev–Trinajstić information content (AvgIpc) is 2.87. The fourth-order valence-electron chi connectivity index (χ4n) is 3.37. The summed E-state index contributed by atoms with van der Waals surface area (Å²) in [5.74, 6) is -0.329. The normalized spacial score (nSPS) is 14.4. The van der Waals surface area contributed by atoms with Crippen LogP contribution in [-0.4, -0.2) is 36.6 Å². The van der Waals surface area contributed by atoms with Gasteiger partial charge in [0.2, 0.25) is 0 Å². The minimum atomic E-state index is -0.580. The molecule has 36 heavy (non-hydrogen) atoms. The number of methoxy groups -OCH3 is 1. The molecule has 182 valence electrons. The van der Waals surface area contributed by atoms with Crippen molar-refractivity contribution < 1.29 is 23.9 Å². The molecule has 0 unspecified atom stereocenters. The van der Waals surface area contributed by atoms with Gasteiger partial charge in [-0.25, -0.2) is 0 Å². The number of hydrogen-bond donors (Lipinski definition) is 2. The van der Waals surface area contributed by atoms with Gasteiger partial charge >= 0.3 is 0 Å². The first-order chi connectivity index (χ1) is 17.4. The molecule has 0 bridgehead atoms. The molecule has 10 heteroatoms. The van der Waals surface area contributed by atoms with Gasteiger partial charge in [0.15, 0.2) is 11.7 Å². The van der Waals surface area contributed by atoms with Crippen LogP contribution < -0.4 is 25.0 Å². The van der Waals surface area contributed by atoms with E-state index in [4.69, 9.17) is 21.7 Å². The Hall–Kier alpha value is -4.02. The highest BCUT2D eigenvalue weighted by atomic mass is 79.9. The molecule has 2 N–H and O–H groups in total. The predicted molar refractivity (Wildman–Crippen MR) is 144 cm³/mol. The largest absolute Gasteiger partial charge is 0.497 e. The number of carbonyl (C=O) groups is 3. The van der Waals surface area contributed by atoms with Crippen LogP contribution in [0.15, 0.2) is 82.8 Å². The molecule has 3 aromatic carbocycles. The number of rotatable bonds is 7. The Kier molecular flexibility index (Phi) is 7.77. The van der Waals surface area contributed by atoms with E-state index in [1.807, 2.05) is 6.07 Å². The number of halogens is 1. The van der Waals surface area contributed by atoms with Crippen LogP contribution in [-0.2, 0) is 14.4 Å². The van der Waals surface area contributed by atoms with Crippen molar-refractivity contribution in [2.24, 2.45) is 0 Å². The van der Waals surface area contributed by atoms with E-state index in [1.165, 1.54) is 11.0 Å². The first kappa shape index (κ1) is 25.1. The van der Waals surface area contributed by atoms with Gasteiger partial charge in [0.05, 0.1) is 17.3 Å². The third kappa shape index (κ3) is 5.78. The van der Waals surface area contributed by atoms with Gasteiger partial charge in [0.1, 0.15) is 17.1 Å². The monoisotopic (exact) mass is 565 g/mol. The summed E-state index contributed by atoms with van der Waals surface area (Å²) >= 11 is 8.62. The van der Waals surface area contributed by atoms with E-state index in [2.05, 4.69) is 26.6 Å². The summed E-state index contributed by atoms with van der Waals surface area (Å²) in [5, 5.41) is 5.31. The van der Waals surface area contributed by atoms with Crippen LogP contribution in [0.25, 0.3) is 6.08 Å². The van der Waals surface area contributed by atoms with Crippen LogP contribution in [0.3, 0.4) is 0 Å². The lowest BCUT2D eigenvalue weighted by Crippen LogP contribution is -2.54. The van der Waals surface area contributed by atoms with Crippen LogP contribution in [0.5, 0.6) is 11.5 Å². The zero-order valence-electron chi connectivity index (χ0n) is 19.0. The molecule has 0 atom stereocenters. The fourth-order valence-corrected chi connectivity index (χ4v) is 4.17. The lowest BCUT2D eigenvalue weighted by atomic mass is 10.1. The molecule has 0 saturated carbocycles. The zero-order valence-corrected chi connectivity index (χ0v) is 21.4. The number of benzene rings is 3. The lowest BCUT2D eigenvalue weighted by molar-refractivity contribution is -0.122. The fraction of sp³-hybridized carbons (Fsp3) is 0.0769. The number of carbonyl (C=O) groups excluding carboxylic acids is 3. The molecule has 3 amide bonds. The van der Waals surface area contributed by atoms with Crippen molar-refractivity contribution in [3.8, 4) is 11.5 Å². The average molecular weight is 566 g/mol. The van der Waals surface area contributed by atoms with Gasteiger partial charge in [-0.15, -0.1) is 0 Å². The highest BCUT2D eigenvalue weighted by Gasteiger charge is 2.34. The second-order valence-corrected chi connectivity index (χ2v) is 8.79. The molecule has 1 aliphatic heterocycles. The number of para-hydroxylation sites is 1. The number of anilines is 2. The maximum absolute atomic E-state index is 13.1. The van der Waals surface area contributed by atoms with E-state index in [9.17, 15) is 14.4 Å². The van der Waals surface area contributed by atoms with Crippen molar-refractivity contribution in [1.29, 1.82) is 0 Å². The van der Waals surface area contributed by atoms with E-state index in [0.717, 1.165) is 0 Å². The van der Waals surface area contributed by atoms with E-state index < -0.39 is 11.8 Å². The highest BCUT2D eigenvalue weighted by molar-refractivity contribution is 9.10. The maximum atomic E-state index is 13.1. The SMILES string of the molecule is COc1ccc(NC(=O)COc2ccc(/C=C3/C(=O)NC(=S)N(c4ccccc4)C3=O)cc2Br)cc1. The van der Waals surface area contributed by atoms with Crippen molar-refractivity contribution in [3.05, 3.63) is 88.4 Å². The standard InChI is InChI=1S/C26H20BrN3O5S/c1-34-19-10-8-17(9-11-19)28-23(31)15-35-22-12-7-16(14-21(22)27)13-20-24(32)29-26(36)30(25(20)33)18-5-3-2-4-6-18/h2-14H,15H2,1H3,(H,28,31)(H,29,32,36)/b20-13-. The Bertz CT molecular complexity index is 1360. The summed E-state index contributed by atoms with van der Waals surface area (Å²) in [6.45, 7) is -0.213. The number of nitrogens with one attached hydrogen (secondary N) is 2. The zero-order chi connectivity index (χ0) is 25.7. The quantitative estimate of drug-likeness (QED) is 0.252. The first-order valence-corrected chi connectivity index (χ1v) is 11.9. The number of ether oxygens (including phenoxy) is 2. The van der Waals surface area contributed by atoms with Gasteiger partial charge in [0.25, 0.3) is 17.7 Å². The number of hydrogen-bond acceptors (Lipinski definition) is 6. The van der Waals surface area contributed by atoms with Gasteiger partial charge in [-0.2, -0.15) is 0 Å². The van der Waals surface area contributed by atoms with Gasteiger partial charge in [-0.05, 0) is 88.3 Å². The minimum absolute atomic E-state index is 0.0196. The van der Waals surface area contributed by atoms with Crippen molar-refractivity contribution >= 4 is 68.4 Å². The third-order valence-electron chi connectivity index (χ3n) is 5.12. The first-order valence-electron chi connectivity index (χ1n) is 10.7. The Morgan fingerprint density at radius 1 is 1.08 bits per heavy atom. The molecule has 1 fully saturated rings. The molecular formula is C26H20BrN3O5S. The maximum Gasteiger partial charge on any atom is 0.270 e. The summed E-state index contributed by atoms with van der Waals surface area (Å²) in [7, 11) is 1.57. The molecular weight excluding hydrogens is 546 g/mol. The topological polar surface area (TPSA) is 97.0 Å². The molecule has 0 aromatic heterocycles. The van der Waals surface area contributed by atoms with E-state index in [1.54, 1.807) is 73.8 Å². The number of thiocarbonyl (C=S) groups is 1. The Morgan fingerprint density at radius 3 is 2.47 bits per heavy atom. The van der Waals surface area contributed by atoms with Crippen molar-refractivity contribution in [2.75, 3.05) is 23.9 Å². The van der Waals surface area contributed by atoms with Crippen molar-refractivity contribution in [3.63, 3.8) is 0 Å². The molecule has 1 saturated heterocycles. The molecule has 8 nitrogen and oxygen atoms in total. The van der Waals surface area contributed by atoms with Gasteiger partial charge in [-0.1, -0.05) is 24.3 Å². The van der Waals surface area contributed by atoms with Gasteiger partial charge < -0.3 is 14.8 Å². The minimum Gasteiger partial charge on any atom is -0.497 e. The molecule has 0 spiro atoms. The molecule has 4 rings (SSSR count). The van der Waals surface area contributed by atoms with Crippen molar-refractivity contribution in [1.82, 2.24) is 5.32 Å². The molecule has 0 aliphatic carbocycles. The summed E-state index contributed by atoms with van der Waals surface area (Å²) in [6.07, 6.45) is 1.47. The van der Waals surface area contributed by atoms with Crippen molar-refractivity contribution in [2.45, 2.75) is 0 Å². The third-order valence-corrected chi connectivity index (χ3v) is 6.02. The Labute approximate surface area is 221 Å². The summed E-state index contributed by atoms with van der Waals surface area (Å²) in [5.41, 5.74) is 1.68. The lowest BCUT2D eigenvalue weighted by Gasteiger charge is -2.28. The molecule has 0 radical (unpaired) electrons. The number of nitrogens with zero attached hydrogens (tertiary/aromatic N) is 1. The van der Waals surface area contributed by atoms with Crippen LogP contribution in [0, 0.1) is 0 Å². The smallest absolute Gasteiger partial charge is 0.270 e. The molecule has 3 aromatic rings. The van der Waals surface area contributed by atoms with Crippen LogP contribution in [0.2, 0.25) is 0 Å².